The molecule has 0 aromatic rings. The number of hydrogen-bond acceptors (Lipinski definition) is 2. The second-order valence-electron chi connectivity index (χ2n) is 5.96. The molecular formula is C21H30BBrO2. The van der Waals surface area contributed by atoms with Crippen molar-refractivity contribution in [3.8, 4) is 0 Å². The van der Waals surface area contributed by atoms with E-state index in [1.54, 1.807) is 18.2 Å². The first-order chi connectivity index (χ1) is 12.1. The minimum Gasteiger partial charge on any atom is -0.423 e. The van der Waals surface area contributed by atoms with E-state index < -0.39 is 7.12 Å². The lowest BCUT2D eigenvalue weighted by Crippen LogP contribution is -2.13. The van der Waals surface area contributed by atoms with Crippen LogP contribution in [-0.4, -0.2) is 17.2 Å². The highest BCUT2D eigenvalue weighted by Crippen LogP contribution is 2.37. The summed E-state index contributed by atoms with van der Waals surface area (Å²) in [5, 5.41) is 18.7. The van der Waals surface area contributed by atoms with Gasteiger partial charge in [0, 0.05) is 4.48 Å². The molecule has 1 fully saturated rings. The van der Waals surface area contributed by atoms with E-state index in [-0.39, 0.29) is 0 Å². The summed E-state index contributed by atoms with van der Waals surface area (Å²) < 4.78 is 1.15. The maximum absolute atomic E-state index is 9.35. The highest BCUT2D eigenvalue weighted by atomic mass is 79.9. The van der Waals surface area contributed by atoms with E-state index in [1.807, 2.05) is 26.8 Å². The highest BCUT2D eigenvalue weighted by molar-refractivity contribution is 9.11. The van der Waals surface area contributed by atoms with E-state index in [1.165, 1.54) is 36.8 Å². The lowest BCUT2D eigenvalue weighted by atomic mass is 9.78. The summed E-state index contributed by atoms with van der Waals surface area (Å²) in [5.41, 5.74) is 3.12. The van der Waals surface area contributed by atoms with Crippen LogP contribution in [0.4, 0.5) is 0 Å². The molecule has 2 aliphatic carbocycles. The van der Waals surface area contributed by atoms with Gasteiger partial charge >= 0.3 is 7.12 Å². The zero-order valence-corrected chi connectivity index (χ0v) is 17.2. The van der Waals surface area contributed by atoms with Gasteiger partial charge in [-0.3, -0.25) is 0 Å². The van der Waals surface area contributed by atoms with Gasteiger partial charge in [0.15, 0.2) is 0 Å². The Bertz CT molecular complexity index is 589. The molecule has 0 atom stereocenters. The van der Waals surface area contributed by atoms with Gasteiger partial charge in [-0.05, 0) is 54.8 Å². The first kappa shape index (κ1) is 21.9. The summed E-state index contributed by atoms with van der Waals surface area (Å²) in [6.45, 7) is 5.86. The summed E-state index contributed by atoms with van der Waals surface area (Å²) in [7, 11) is -1.44. The quantitative estimate of drug-likeness (QED) is 0.448. The molecule has 1 saturated carbocycles. The monoisotopic (exact) mass is 404 g/mol. The Labute approximate surface area is 161 Å². The molecule has 0 aromatic carbocycles. The maximum Gasteiger partial charge on any atom is 0.488 e. The Balaban J connectivity index is 0.00000151. The first-order valence-electron chi connectivity index (χ1n) is 9.26. The van der Waals surface area contributed by atoms with Crippen molar-refractivity contribution >= 4 is 23.0 Å². The summed E-state index contributed by atoms with van der Waals surface area (Å²) in [5.74, 6) is 0.632. The summed E-state index contributed by atoms with van der Waals surface area (Å²) in [4.78, 5) is 0. The van der Waals surface area contributed by atoms with Crippen LogP contribution >= 0.6 is 15.9 Å². The molecule has 2 N–H and O–H groups in total. The van der Waals surface area contributed by atoms with Crippen molar-refractivity contribution < 1.29 is 10.0 Å². The van der Waals surface area contributed by atoms with Gasteiger partial charge < -0.3 is 10.0 Å². The van der Waals surface area contributed by atoms with Crippen LogP contribution in [0.2, 0.25) is 0 Å². The third kappa shape index (κ3) is 7.35. The van der Waals surface area contributed by atoms with Crippen LogP contribution in [0.5, 0.6) is 0 Å². The van der Waals surface area contributed by atoms with Crippen LogP contribution in [0, 0.1) is 5.92 Å². The zero-order valence-electron chi connectivity index (χ0n) is 15.6. The van der Waals surface area contributed by atoms with Gasteiger partial charge in [0.05, 0.1) is 0 Å². The predicted octanol–water partition coefficient (Wildman–Crippen LogP) is 5.81. The van der Waals surface area contributed by atoms with Crippen LogP contribution in [0.25, 0.3) is 0 Å². The lowest BCUT2D eigenvalue weighted by molar-refractivity contribution is 0.420. The minimum atomic E-state index is -1.44. The SMILES string of the molecule is CC.C\C=C/C(=C\C=C\C1=CCC=C(Br)C=C1C1CCCC1)B(O)O. The fourth-order valence-electron chi connectivity index (χ4n) is 3.14. The molecule has 2 nitrogen and oxygen atoms in total. The van der Waals surface area contributed by atoms with E-state index in [0.29, 0.717) is 11.4 Å². The maximum atomic E-state index is 9.35. The Morgan fingerprint density at radius 2 is 1.88 bits per heavy atom. The van der Waals surface area contributed by atoms with Crippen LogP contribution in [0.1, 0.15) is 52.9 Å². The van der Waals surface area contributed by atoms with Gasteiger partial charge in [0.25, 0.3) is 0 Å². The topological polar surface area (TPSA) is 40.5 Å². The van der Waals surface area contributed by atoms with Crippen molar-refractivity contribution in [1.29, 1.82) is 0 Å². The van der Waals surface area contributed by atoms with Crippen LogP contribution in [-0.2, 0) is 0 Å². The fraction of sp³-hybridized carbons (Fsp3) is 0.429. The van der Waals surface area contributed by atoms with Gasteiger partial charge in [-0.1, -0.05) is 85.2 Å². The average Bonchev–Trinajstić information content (AvgIpc) is 3.07. The van der Waals surface area contributed by atoms with Gasteiger partial charge in [0.2, 0.25) is 0 Å². The molecule has 0 heterocycles. The highest BCUT2D eigenvalue weighted by Gasteiger charge is 2.21. The third-order valence-corrected chi connectivity index (χ3v) is 4.85. The molecule has 0 unspecified atom stereocenters. The van der Waals surface area contributed by atoms with Crippen molar-refractivity contribution in [3.63, 3.8) is 0 Å². The van der Waals surface area contributed by atoms with E-state index in [9.17, 15) is 10.0 Å². The standard InChI is InChI=1S/C19H24BBrO2.C2H6/c1-2-7-17(20(22)23)12-5-10-16-11-6-13-18(21)14-19(16)15-8-3-4-9-15;1-2/h2,5,7,10-15,22-23H,3-4,6,8-9H2,1H3;1-2H3/b7-2-,10-5+,17-12+;. The number of halogens is 1. The third-order valence-electron chi connectivity index (χ3n) is 4.29. The van der Waals surface area contributed by atoms with Crippen molar-refractivity contribution in [2.75, 3.05) is 0 Å². The van der Waals surface area contributed by atoms with Gasteiger partial charge in [-0.15, -0.1) is 0 Å². The molecule has 2 rings (SSSR count). The second kappa shape index (κ2) is 12.3. The smallest absolute Gasteiger partial charge is 0.423 e. The molecule has 2 aliphatic rings. The Morgan fingerprint density at radius 1 is 1.20 bits per heavy atom. The molecule has 0 aliphatic heterocycles. The molecule has 136 valence electrons. The van der Waals surface area contributed by atoms with Gasteiger partial charge in [-0.2, -0.15) is 0 Å². The van der Waals surface area contributed by atoms with Crippen LogP contribution in [0.3, 0.4) is 0 Å². The van der Waals surface area contributed by atoms with E-state index >= 15 is 0 Å². The molecule has 0 amide bonds. The molecular weight excluding hydrogens is 375 g/mol. The molecule has 0 saturated heterocycles. The van der Waals surface area contributed by atoms with Crippen molar-refractivity contribution in [2.24, 2.45) is 5.92 Å². The summed E-state index contributed by atoms with van der Waals surface area (Å²) in [6, 6.07) is 0. The lowest BCUT2D eigenvalue weighted by Gasteiger charge is -2.15. The molecule has 0 aromatic heterocycles. The Hall–Kier alpha value is -1.10. The molecule has 0 spiro atoms. The normalized spacial score (nSPS) is 19.3. The number of hydrogen-bond donors (Lipinski definition) is 2. The Kier molecular flexibility index (Phi) is 10.8. The molecule has 25 heavy (non-hydrogen) atoms. The minimum absolute atomic E-state index is 0.490. The Morgan fingerprint density at radius 3 is 2.48 bits per heavy atom. The van der Waals surface area contributed by atoms with E-state index in [2.05, 4.69) is 40.2 Å². The van der Waals surface area contributed by atoms with E-state index in [4.69, 9.17) is 0 Å². The van der Waals surface area contributed by atoms with Crippen molar-refractivity contribution in [3.05, 3.63) is 69.7 Å². The largest absolute Gasteiger partial charge is 0.488 e. The summed E-state index contributed by atoms with van der Waals surface area (Å²) >= 11 is 3.62. The van der Waals surface area contributed by atoms with Crippen LogP contribution in [0.15, 0.2) is 69.7 Å². The number of allylic oxidation sites excluding steroid dienone is 12. The van der Waals surface area contributed by atoms with Crippen molar-refractivity contribution in [1.82, 2.24) is 0 Å². The average molecular weight is 405 g/mol. The molecule has 4 heteroatoms. The van der Waals surface area contributed by atoms with Gasteiger partial charge in [0.1, 0.15) is 0 Å². The van der Waals surface area contributed by atoms with E-state index in [0.717, 1.165) is 10.9 Å². The summed E-state index contributed by atoms with van der Waals surface area (Å²) in [6.07, 6.45) is 21.9. The van der Waals surface area contributed by atoms with Gasteiger partial charge in [-0.25, -0.2) is 0 Å². The van der Waals surface area contributed by atoms with Crippen LogP contribution < -0.4 is 0 Å². The molecule has 0 radical (unpaired) electrons. The first-order valence-corrected chi connectivity index (χ1v) is 10.1. The zero-order chi connectivity index (χ0) is 18.7. The number of rotatable bonds is 5. The molecule has 0 bridgehead atoms. The predicted molar refractivity (Wildman–Crippen MR) is 113 cm³/mol. The van der Waals surface area contributed by atoms with Crippen molar-refractivity contribution in [2.45, 2.75) is 52.9 Å². The second-order valence-corrected chi connectivity index (χ2v) is 6.88. The fourth-order valence-corrected chi connectivity index (χ4v) is 3.58.